The molecule has 0 saturated heterocycles. The summed E-state index contributed by atoms with van der Waals surface area (Å²) < 4.78 is 6.51. The van der Waals surface area contributed by atoms with Crippen molar-refractivity contribution in [2.24, 2.45) is 0 Å². The summed E-state index contributed by atoms with van der Waals surface area (Å²) in [6.45, 7) is 8.58. The van der Waals surface area contributed by atoms with Crippen LogP contribution in [0.15, 0.2) is 200 Å². The summed E-state index contributed by atoms with van der Waals surface area (Å²) in [6.07, 6.45) is 0. The van der Waals surface area contributed by atoms with Gasteiger partial charge in [0.1, 0.15) is 0 Å². The number of para-hydroxylation sites is 4. The molecule has 1 heterocycles. The van der Waals surface area contributed by atoms with Crippen LogP contribution in [0.1, 0.15) is 22.3 Å². The van der Waals surface area contributed by atoms with E-state index < -0.39 is 0 Å². The van der Waals surface area contributed by atoms with E-state index >= 15 is 0 Å². The highest BCUT2D eigenvalue weighted by Gasteiger charge is 2.26. The third-order valence-electron chi connectivity index (χ3n) is 11.7. The zero-order valence-corrected chi connectivity index (χ0v) is 34.4. The molecule has 0 unspecified atom stereocenters. The van der Waals surface area contributed by atoms with Gasteiger partial charge in [0.25, 0.3) is 0 Å². The van der Waals surface area contributed by atoms with E-state index in [0.29, 0.717) is 0 Å². The zero-order valence-electron chi connectivity index (χ0n) is 34.4. The van der Waals surface area contributed by atoms with Crippen molar-refractivity contribution in [1.29, 1.82) is 0 Å². The third kappa shape index (κ3) is 7.29. The number of hydrogen-bond donors (Lipinski definition) is 0. The predicted octanol–water partition coefficient (Wildman–Crippen LogP) is 16.5. The molecule has 288 valence electrons. The normalized spacial score (nSPS) is 11.8. The minimum Gasteiger partial charge on any atom is -0.453 e. The summed E-state index contributed by atoms with van der Waals surface area (Å²) in [4.78, 5) is 2.36. The molecule has 0 amide bonds. The lowest BCUT2D eigenvalue weighted by atomic mass is 9.89. The molecule has 0 aliphatic carbocycles. The first-order valence-corrected chi connectivity index (χ1v) is 20.7. The summed E-state index contributed by atoms with van der Waals surface area (Å²) in [6, 6.07) is 73.3. The Hall–Kier alpha value is -7.42. The van der Waals surface area contributed by atoms with Crippen molar-refractivity contribution in [2.75, 3.05) is 4.90 Å². The van der Waals surface area contributed by atoms with E-state index in [9.17, 15) is 0 Å². The van der Waals surface area contributed by atoms with E-state index in [1.165, 1.54) is 66.8 Å². The van der Waals surface area contributed by atoms with Gasteiger partial charge in [0, 0.05) is 5.69 Å². The molecule has 0 fully saturated rings. The molecule has 0 saturated carbocycles. The highest BCUT2D eigenvalue weighted by molar-refractivity contribution is 5.92. The summed E-state index contributed by atoms with van der Waals surface area (Å²) in [5.74, 6) is 1.66. The van der Waals surface area contributed by atoms with Crippen LogP contribution in [-0.2, 0) is 0 Å². The van der Waals surface area contributed by atoms with Crippen LogP contribution < -0.4 is 9.64 Å². The summed E-state index contributed by atoms with van der Waals surface area (Å²) in [5, 5.41) is 0. The molecule has 1 aliphatic heterocycles. The molecule has 9 aromatic rings. The molecule has 60 heavy (non-hydrogen) atoms. The van der Waals surface area contributed by atoms with Crippen molar-refractivity contribution in [3.05, 3.63) is 222 Å². The maximum Gasteiger partial charge on any atom is 0.151 e. The first-order chi connectivity index (χ1) is 29.3. The largest absolute Gasteiger partial charge is 0.453 e. The first-order valence-electron chi connectivity index (χ1n) is 20.7. The lowest BCUT2D eigenvalue weighted by Gasteiger charge is -2.33. The quantitative estimate of drug-likeness (QED) is 0.160. The van der Waals surface area contributed by atoms with Crippen LogP contribution in [0.2, 0.25) is 0 Å². The molecule has 0 N–H and O–H groups in total. The number of rotatable bonds is 7. The molecule has 0 bridgehead atoms. The lowest BCUT2D eigenvalue weighted by Crippen LogP contribution is -2.15. The van der Waals surface area contributed by atoms with Gasteiger partial charge in [-0.1, -0.05) is 144 Å². The molecule has 0 spiro atoms. The summed E-state index contributed by atoms with van der Waals surface area (Å²) in [7, 11) is 0. The van der Waals surface area contributed by atoms with Gasteiger partial charge in [0.2, 0.25) is 0 Å². The maximum absolute atomic E-state index is 6.51. The van der Waals surface area contributed by atoms with E-state index in [1.807, 2.05) is 12.1 Å². The Morgan fingerprint density at radius 2 is 0.517 bits per heavy atom. The van der Waals surface area contributed by atoms with Crippen molar-refractivity contribution in [3.63, 3.8) is 0 Å². The fraction of sp³-hybridized carbons (Fsp3) is 0.0690. The predicted molar refractivity (Wildman–Crippen MR) is 253 cm³/mol. The van der Waals surface area contributed by atoms with Gasteiger partial charge in [0.05, 0.1) is 11.4 Å². The number of fused-ring (bicyclic) bond motifs is 2. The third-order valence-corrected chi connectivity index (χ3v) is 11.7. The molecule has 0 radical (unpaired) electrons. The molecule has 10 rings (SSSR count). The van der Waals surface area contributed by atoms with Crippen LogP contribution in [0, 0.1) is 27.7 Å². The molecule has 2 nitrogen and oxygen atoms in total. The van der Waals surface area contributed by atoms with E-state index in [4.69, 9.17) is 4.74 Å². The van der Waals surface area contributed by atoms with E-state index in [-0.39, 0.29) is 0 Å². The summed E-state index contributed by atoms with van der Waals surface area (Å²) in [5.41, 5.74) is 22.1. The number of benzene rings is 9. The van der Waals surface area contributed by atoms with E-state index in [1.54, 1.807) is 0 Å². The number of ether oxygens (including phenoxy) is 1. The van der Waals surface area contributed by atoms with Crippen LogP contribution in [0.3, 0.4) is 0 Å². The molecule has 9 aromatic carbocycles. The van der Waals surface area contributed by atoms with Crippen LogP contribution in [-0.4, -0.2) is 0 Å². The second-order valence-corrected chi connectivity index (χ2v) is 16.2. The lowest BCUT2D eigenvalue weighted by molar-refractivity contribution is 0.477. The Bertz CT molecular complexity index is 2680. The van der Waals surface area contributed by atoms with Crippen molar-refractivity contribution >= 4 is 17.1 Å². The standard InChI is InChI=1S/C58H45NO/c1-38-13-21-42(22-14-38)46-29-47(43-23-15-39(2)16-24-43)32-50(31-46)52-35-53(37-54(36-52)59-55-9-5-7-11-57(55)60-58-12-8-6-10-56(58)59)51-33-48(44-25-17-40(3)18-26-44)30-49(34-51)45-27-19-41(4)20-28-45/h5-37H,1-4H3. The molecular weight excluding hydrogens is 727 g/mol. The van der Waals surface area contributed by atoms with E-state index in [0.717, 1.165) is 50.8 Å². The fourth-order valence-corrected chi connectivity index (χ4v) is 8.30. The second-order valence-electron chi connectivity index (χ2n) is 16.2. The molecule has 1 aliphatic rings. The van der Waals surface area contributed by atoms with Gasteiger partial charge >= 0.3 is 0 Å². The van der Waals surface area contributed by atoms with Crippen LogP contribution in [0.25, 0.3) is 66.8 Å². The topological polar surface area (TPSA) is 12.5 Å². The van der Waals surface area contributed by atoms with Crippen molar-refractivity contribution in [2.45, 2.75) is 27.7 Å². The van der Waals surface area contributed by atoms with Crippen molar-refractivity contribution < 1.29 is 4.74 Å². The zero-order chi connectivity index (χ0) is 40.7. The average molecular weight is 772 g/mol. The number of anilines is 3. The van der Waals surface area contributed by atoms with Crippen molar-refractivity contribution in [3.8, 4) is 78.3 Å². The van der Waals surface area contributed by atoms with E-state index in [2.05, 4.69) is 221 Å². The van der Waals surface area contributed by atoms with Gasteiger partial charge in [-0.25, -0.2) is 0 Å². The minimum atomic E-state index is 0.828. The second kappa shape index (κ2) is 15.4. The molecule has 0 atom stereocenters. The monoisotopic (exact) mass is 771 g/mol. The maximum atomic E-state index is 6.51. The first kappa shape index (κ1) is 36.9. The average Bonchev–Trinajstić information content (AvgIpc) is 3.28. The van der Waals surface area contributed by atoms with Gasteiger partial charge < -0.3 is 9.64 Å². The van der Waals surface area contributed by atoms with Crippen LogP contribution in [0.4, 0.5) is 17.1 Å². The van der Waals surface area contributed by atoms with Gasteiger partial charge in [-0.3, -0.25) is 0 Å². The molecular formula is C58H45NO. The highest BCUT2D eigenvalue weighted by atomic mass is 16.5. The van der Waals surface area contributed by atoms with Gasteiger partial charge in [0.15, 0.2) is 11.5 Å². The van der Waals surface area contributed by atoms with Crippen molar-refractivity contribution in [1.82, 2.24) is 0 Å². The molecule has 2 heteroatoms. The highest BCUT2D eigenvalue weighted by Crippen LogP contribution is 2.51. The Morgan fingerprint density at radius 3 is 0.817 bits per heavy atom. The number of hydrogen-bond acceptors (Lipinski definition) is 2. The Kier molecular flexibility index (Phi) is 9.47. The minimum absolute atomic E-state index is 0.828. The molecule has 0 aromatic heterocycles. The van der Waals surface area contributed by atoms with Crippen LogP contribution in [0.5, 0.6) is 11.5 Å². The van der Waals surface area contributed by atoms with Gasteiger partial charge in [-0.15, -0.1) is 0 Å². The Labute approximate surface area is 353 Å². The Balaban J connectivity index is 1.24. The summed E-state index contributed by atoms with van der Waals surface area (Å²) >= 11 is 0. The fourth-order valence-electron chi connectivity index (χ4n) is 8.30. The number of nitrogens with zero attached hydrogens (tertiary/aromatic N) is 1. The van der Waals surface area contributed by atoms with Crippen LogP contribution >= 0.6 is 0 Å². The number of aryl methyl sites for hydroxylation is 4. The smallest absolute Gasteiger partial charge is 0.151 e. The van der Waals surface area contributed by atoms with Gasteiger partial charge in [-0.2, -0.15) is 0 Å². The SMILES string of the molecule is Cc1ccc(-c2cc(-c3ccc(C)cc3)cc(-c3cc(-c4cc(-c5ccc(C)cc5)cc(-c5ccc(C)cc5)c4)cc(N4c5ccccc5Oc5ccccc54)c3)c2)cc1. The Morgan fingerprint density at radius 1 is 0.267 bits per heavy atom. The van der Waals surface area contributed by atoms with Gasteiger partial charge in [-0.05, 0) is 173 Å².